The van der Waals surface area contributed by atoms with E-state index in [1.165, 1.54) is 0 Å². The molecule has 82 valence electrons. The van der Waals surface area contributed by atoms with E-state index in [9.17, 15) is 9.59 Å². The Morgan fingerprint density at radius 3 is 2.75 bits per heavy atom. The largest absolute Gasteiger partial charge is 0.355 e. The summed E-state index contributed by atoms with van der Waals surface area (Å²) in [6, 6.07) is 7.56. The number of hydrogen-bond donors (Lipinski definition) is 1. The molecule has 3 nitrogen and oxygen atoms in total. The minimum absolute atomic E-state index is 0.0142. The molecule has 0 bridgehead atoms. The summed E-state index contributed by atoms with van der Waals surface area (Å²) in [6.45, 7) is 0.699. The Hall–Kier alpha value is -1.64. The second-order valence-corrected chi connectivity index (χ2v) is 4.60. The molecule has 0 saturated carbocycles. The van der Waals surface area contributed by atoms with Crippen molar-refractivity contribution in [3.8, 4) is 0 Å². The fourth-order valence-electron chi connectivity index (χ4n) is 2.82. The van der Waals surface area contributed by atoms with Crippen molar-refractivity contribution in [1.29, 1.82) is 0 Å². The van der Waals surface area contributed by atoms with E-state index in [-0.39, 0.29) is 11.7 Å². The molecule has 1 aromatic carbocycles. The Morgan fingerprint density at radius 1 is 1.19 bits per heavy atom. The smallest absolute Gasteiger partial charge is 0.234 e. The number of rotatable bonds is 0. The molecule has 1 spiro atoms. The van der Waals surface area contributed by atoms with Gasteiger partial charge in [-0.05, 0) is 24.8 Å². The number of nitrogens with one attached hydrogen (secondary N) is 1. The highest BCUT2D eigenvalue weighted by Crippen LogP contribution is 2.41. The normalized spacial score (nSPS) is 28.0. The lowest BCUT2D eigenvalue weighted by Crippen LogP contribution is -2.49. The number of hydrogen-bond acceptors (Lipinski definition) is 2. The number of piperidine rings is 1. The topological polar surface area (TPSA) is 46.2 Å². The Kier molecular flexibility index (Phi) is 1.90. The minimum atomic E-state index is -0.790. The van der Waals surface area contributed by atoms with Crippen LogP contribution in [0.2, 0.25) is 0 Å². The highest BCUT2D eigenvalue weighted by Gasteiger charge is 2.51. The van der Waals surface area contributed by atoms with Gasteiger partial charge >= 0.3 is 0 Å². The van der Waals surface area contributed by atoms with Crippen LogP contribution < -0.4 is 5.32 Å². The number of carbonyl (C=O) groups excluding carboxylic acids is 2. The van der Waals surface area contributed by atoms with E-state index in [4.69, 9.17) is 0 Å². The van der Waals surface area contributed by atoms with Crippen molar-refractivity contribution >= 4 is 11.7 Å². The lowest BCUT2D eigenvalue weighted by atomic mass is 9.76. The molecular formula is C13H13NO2. The first-order valence-corrected chi connectivity index (χ1v) is 5.65. The number of benzene rings is 1. The van der Waals surface area contributed by atoms with Crippen molar-refractivity contribution in [3.63, 3.8) is 0 Å². The maximum atomic E-state index is 12.3. The van der Waals surface area contributed by atoms with Crippen LogP contribution in [0.5, 0.6) is 0 Å². The van der Waals surface area contributed by atoms with Gasteiger partial charge in [-0.25, -0.2) is 0 Å². The summed E-state index contributed by atoms with van der Waals surface area (Å²) in [7, 11) is 0. The van der Waals surface area contributed by atoms with Gasteiger partial charge in [0.25, 0.3) is 0 Å². The molecule has 2 aliphatic rings. The van der Waals surface area contributed by atoms with Crippen molar-refractivity contribution in [1.82, 2.24) is 5.32 Å². The molecule has 0 aromatic heterocycles. The van der Waals surface area contributed by atoms with Gasteiger partial charge in [0.1, 0.15) is 5.41 Å². The van der Waals surface area contributed by atoms with Crippen LogP contribution in [-0.4, -0.2) is 18.2 Å². The van der Waals surface area contributed by atoms with Crippen LogP contribution in [-0.2, 0) is 11.2 Å². The standard InChI is InChI=1S/C13H13NO2/c15-11-10-5-2-1-4-9(10)8-13(11)6-3-7-14-12(13)16/h1-2,4-5H,3,6-8H2,(H,14,16)/t13-/m0/s1. The zero-order valence-electron chi connectivity index (χ0n) is 8.95. The summed E-state index contributed by atoms with van der Waals surface area (Å²) >= 11 is 0. The summed E-state index contributed by atoms with van der Waals surface area (Å²) in [5, 5.41) is 2.82. The molecular weight excluding hydrogens is 202 g/mol. The third-order valence-electron chi connectivity index (χ3n) is 3.69. The van der Waals surface area contributed by atoms with Crippen molar-refractivity contribution < 1.29 is 9.59 Å². The van der Waals surface area contributed by atoms with Gasteiger partial charge in [-0.3, -0.25) is 9.59 Å². The molecule has 1 fully saturated rings. The second-order valence-electron chi connectivity index (χ2n) is 4.60. The molecule has 1 heterocycles. The van der Waals surface area contributed by atoms with Gasteiger partial charge in [0.05, 0.1) is 0 Å². The van der Waals surface area contributed by atoms with Gasteiger partial charge in [0, 0.05) is 12.1 Å². The number of amides is 1. The van der Waals surface area contributed by atoms with Crippen LogP contribution >= 0.6 is 0 Å². The second kappa shape index (κ2) is 3.17. The molecule has 1 aliphatic heterocycles. The third kappa shape index (κ3) is 1.08. The fourth-order valence-corrected chi connectivity index (χ4v) is 2.82. The molecule has 0 unspecified atom stereocenters. The van der Waals surface area contributed by atoms with E-state index in [1.54, 1.807) is 0 Å². The third-order valence-corrected chi connectivity index (χ3v) is 3.69. The summed E-state index contributed by atoms with van der Waals surface area (Å²) in [4.78, 5) is 24.3. The van der Waals surface area contributed by atoms with Gasteiger partial charge in [-0.1, -0.05) is 24.3 Å². The van der Waals surface area contributed by atoms with Gasteiger partial charge in [-0.15, -0.1) is 0 Å². The summed E-state index contributed by atoms with van der Waals surface area (Å²) < 4.78 is 0. The van der Waals surface area contributed by atoms with E-state index in [0.717, 1.165) is 17.5 Å². The van der Waals surface area contributed by atoms with Crippen LogP contribution in [0.15, 0.2) is 24.3 Å². The van der Waals surface area contributed by atoms with Crippen LogP contribution in [0.3, 0.4) is 0 Å². The molecule has 1 atom stereocenters. The van der Waals surface area contributed by atoms with Gasteiger partial charge in [-0.2, -0.15) is 0 Å². The molecule has 1 aliphatic carbocycles. The molecule has 3 rings (SSSR count). The van der Waals surface area contributed by atoms with E-state index >= 15 is 0 Å². The van der Waals surface area contributed by atoms with Gasteiger partial charge in [0.15, 0.2) is 5.78 Å². The molecule has 3 heteroatoms. The zero-order valence-corrected chi connectivity index (χ0v) is 8.95. The van der Waals surface area contributed by atoms with Gasteiger partial charge in [0.2, 0.25) is 5.91 Å². The quantitative estimate of drug-likeness (QED) is 0.663. The number of ketones is 1. The molecule has 1 aromatic rings. The first-order valence-electron chi connectivity index (χ1n) is 5.65. The fraction of sp³-hybridized carbons (Fsp3) is 0.385. The minimum Gasteiger partial charge on any atom is -0.355 e. The molecule has 16 heavy (non-hydrogen) atoms. The van der Waals surface area contributed by atoms with Gasteiger partial charge < -0.3 is 5.32 Å². The van der Waals surface area contributed by atoms with Crippen molar-refractivity contribution in [2.45, 2.75) is 19.3 Å². The average Bonchev–Trinajstić information content (AvgIpc) is 2.59. The lowest BCUT2D eigenvalue weighted by molar-refractivity contribution is -0.130. The monoisotopic (exact) mass is 215 g/mol. The van der Waals surface area contributed by atoms with Crippen molar-refractivity contribution in [2.75, 3.05) is 6.54 Å². The predicted molar refractivity (Wildman–Crippen MR) is 59.2 cm³/mol. The Labute approximate surface area is 93.8 Å². The summed E-state index contributed by atoms with van der Waals surface area (Å²) in [5.41, 5.74) is 0.964. The number of carbonyl (C=O) groups is 2. The van der Waals surface area contributed by atoms with E-state index < -0.39 is 5.41 Å². The summed E-state index contributed by atoms with van der Waals surface area (Å²) in [5.74, 6) is -0.0692. The number of Topliss-reactive ketones (excluding diaryl/α,β-unsaturated/α-hetero) is 1. The first kappa shape index (κ1) is 9.58. The van der Waals surface area contributed by atoms with Crippen LogP contribution in [0.25, 0.3) is 0 Å². The first-order chi connectivity index (χ1) is 7.74. The van der Waals surface area contributed by atoms with E-state index in [0.29, 0.717) is 19.4 Å². The zero-order chi connectivity index (χ0) is 11.2. The van der Waals surface area contributed by atoms with Crippen molar-refractivity contribution in [3.05, 3.63) is 35.4 Å². The SMILES string of the molecule is O=C1NCCC[C@@]12Cc1ccccc1C2=O. The lowest BCUT2D eigenvalue weighted by Gasteiger charge is -2.30. The Morgan fingerprint density at radius 2 is 2.00 bits per heavy atom. The Balaban J connectivity index is 2.08. The number of fused-ring (bicyclic) bond motifs is 1. The van der Waals surface area contributed by atoms with Crippen molar-refractivity contribution in [2.24, 2.45) is 5.41 Å². The highest BCUT2D eigenvalue weighted by atomic mass is 16.2. The molecule has 1 saturated heterocycles. The maximum Gasteiger partial charge on any atom is 0.234 e. The van der Waals surface area contributed by atoms with Crippen LogP contribution in [0.1, 0.15) is 28.8 Å². The predicted octanol–water partition coefficient (Wildman–Crippen LogP) is 1.32. The average molecular weight is 215 g/mol. The Bertz CT molecular complexity index is 481. The summed E-state index contributed by atoms with van der Waals surface area (Å²) in [6.07, 6.45) is 2.16. The molecule has 1 N–H and O–H groups in total. The molecule has 0 radical (unpaired) electrons. The van der Waals surface area contributed by atoms with Crippen LogP contribution in [0.4, 0.5) is 0 Å². The molecule has 1 amide bonds. The van der Waals surface area contributed by atoms with Crippen LogP contribution in [0, 0.1) is 5.41 Å². The van der Waals surface area contributed by atoms with E-state index in [1.807, 2.05) is 24.3 Å². The maximum absolute atomic E-state index is 12.3. The van der Waals surface area contributed by atoms with E-state index in [2.05, 4.69) is 5.32 Å². The highest BCUT2D eigenvalue weighted by molar-refractivity contribution is 6.17.